The van der Waals surface area contributed by atoms with Crippen LogP contribution in [0.4, 0.5) is 0 Å². The standard InChI is InChI=1S/C18H20O3/c1-10-7-13-16(18(19)12-5-6-12)11(2)9-15(21-4)17(13)14(8-10)20-3/h7-9,12H,5-6H2,1-4H3. The molecule has 110 valence electrons. The summed E-state index contributed by atoms with van der Waals surface area (Å²) in [7, 11) is 3.30. The van der Waals surface area contributed by atoms with E-state index in [1.165, 1.54) is 0 Å². The molecule has 0 atom stereocenters. The van der Waals surface area contributed by atoms with E-state index in [0.717, 1.165) is 51.8 Å². The molecule has 3 rings (SSSR count). The highest BCUT2D eigenvalue weighted by Gasteiger charge is 2.33. The summed E-state index contributed by atoms with van der Waals surface area (Å²) >= 11 is 0. The lowest BCUT2D eigenvalue weighted by molar-refractivity contribution is 0.0968. The first-order chi connectivity index (χ1) is 10.1. The summed E-state index contributed by atoms with van der Waals surface area (Å²) in [6.45, 7) is 3.99. The summed E-state index contributed by atoms with van der Waals surface area (Å²) in [6, 6.07) is 5.98. The number of ketones is 1. The average Bonchev–Trinajstić information content (AvgIpc) is 3.29. The zero-order chi connectivity index (χ0) is 15.1. The number of Topliss-reactive ketones (excluding diaryl/α,β-unsaturated/α-hetero) is 1. The Balaban J connectivity index is 2.39. The van der Waals surface area contributed by atoms with Crippen LogP contribution in [0.15, 0.2) is 18.2 Å². The topological polar surface area (TPSA) is 35.5 Å². The second-order valence-corrected chi connectivity index (χ2v) is 5.80. The van der Waals surface area contributed by atoms with Gasteiger partial charge in [-0.05, 0) is 49.9 Å². The fourth-order valence-electron chi connectivity index (χ4n) is 2.96. The summed E-state index contributed by atoms with van der Waals surface area (Å²) < 4.78 is 11.0. The normalized spacial score (nSPS) is 14.3. The maximum atomic E-state index is 12.7. The quantitative estimate of drug-likeness (QED) is 0.794. The fourth-order valence-corrected chi connectivity index (χ4v) is 2.96. The van der Waals surface area contributed by atoms with Crippen molar-refractivity contribution < 1.29 is 14.3 Å². The molecule has 1 saturated carbocycles. The smallest absolute Gasteiger partial charge is 0.166 e. The van der Waals surface area contributed by atoms with Crippen LogP contribution in [0.2, 0.25) is 0 Å². The fraction of sp³-hybridized carbons (Fsp3) is 0.389. The van der Waals surface area contributed by atoms with Crippen LogP contribution < -0.4 is 9.47 Å². The number of carbonyl (C=O) groups excluding carboxylic acids is 1. The zero-order valence-electron chi connectivity index (χ0n) is 12.9. The first-order valence-electron chi connectivity index (χ1n) is 7.27. The number of ether oxygens (including phenoxy) is 2. The van der Waals surface area contributed by atoms with Gasteiger partial charge in [0.05, 0.1) is 19.6 Å². The molecular weight excluding hydrogens is 264 g/mol. The summed E-state index contributed by atoms with van der Waals surface area (Å²) in [6.07, 6.45) is 2.02. The van der Waals surface area contributed by atoms with E-state index in [2.05, 4.69) is 6.07 Å². The lowest BCUT2D eigenvalue weighted by atomic mass is 9.92. The van der Waals surface area contributed by atoms with E-state index in [-0.39, 0.29) is 11.7 Å². The lowest BCUT2D eigenvalue weighted by Gasteiger charge is -2.16. The van der Waals surface area contributed by atoms with E-state index in [1.54, 1.807) is 14.2 Å². The number of hydrogen-bond donors (Lipinski definition) is 0. The Labute approximate surface area is 124 Å². The molecule has 0 unspecified atom stereocenters. The lowest BCUT2D eigenvalue weighted by Crippen LogP contribution is -2.06. The molecule has 1 aliphatic carbocycles. The molecular formula is C18H20O3. The Bertz CT molecular complexity index is 717. The highest BCUT2D eigenvalue weighted by atomic mass is 16.5. The molecule has 0 aromatic heterocycles. The maximum absolute atomic E-state index is 12.7. The largest absolute Gasteiger partial charge is 0.496 e. The monoisotopic (exact) mass is 284 g/mol. The van der Waals surface area contributed by atoms with Crippen LogP contribution in [0.1, 0.15) is 34.3 Å². The second kappa shape index (κ2) is 5.06. The molecule has 3 heteroatoms. The Morgan fingerprint density at radius 3 is 2.24 bits per heavy atom. The Morgan fingerprint density at radius 2 is 1.67 bits per heavy atom. The second-order valence-electron chi connectivity index (χ2n) is 5.80. The third-order valence-electron chi connectivity index (χ3n) is 4.14. The number of benzene rings is 2. The van der Waals surface area contributed by atoms with Crippen molar-refractivity contribution in [1.29, 1.82) is 0 Å². The van der Waals surface area contributed by atoms with Crippen molar-refractivity contribution in [1.82, 2.24) is 0 Å². The van der Waals surface area contributed by atoms with Crippen LogP contribution in [0.25, 0.3) is 10.8 Å². The molecule has 0 heterocycles. The van der Waals surface area contributed by atoms with Gasteiger partial charge >= 0.3 is 0 Å². The van der Waals surface area contributed by atoms with Crippen molar-refractivity contribution in [3.05, 3.63) is 34.9 Å². The van der Waals surface area contributed by atoms with Crippen molar-refractivity contribution in [2.45, 2.75) is 26.7 Å². The number of fused-ring (bicyclic) bond motifs is 1. The molecule has 1 fully saturated rings. The molecule has 1 aliphatic rings. The molecule has 0 spiro atoms. The van der Waals surface area contributed by atoms with Crippen LogP contribution in [-0.2, 0) is 0 Å². The minimum Gasteiger partial charge on any atom is -0.496 e. The number of aryl methyl sites for hydroxylation is 2. The summed E-state index contributed by atoms with van der Waals surface area (Å²) in [4.78, 5) is 12.7. The van der Waals surface area contributed by atoms with Gasteiger partial charge in [-0.2, -0.15) is 0 Å². The van der Waals surface area contributed by atoms with E-state index < -0.39 is 0 Å². The molecule has 21 heavy (non-hydrogen) atoms. The summed E-state index contributed by atoms with van der Waals surface area (Å²) in [5.41, 5.74) is 2.89. The van der Waals surface area contributed by atoms with Crippen LogP contribution in [0, 0.1) is 19.8 Å². The van der Waals surface area contributed by atoms with Crippen molar-refractivity contribution in [2.75, 3.05) is 14.2 Å². The number of methoxy groups -OCH3 is 2. The van der Waals surface area contributed by atoms with Gasteiger partial charge in [-0.15, -0.1) is 0 Å². The van der Waals surface area contributed by atoms with Crippen LogP contribution in [-0.4, -0.2) is 20.0 Å². The predicted molar refractivity (Wildman–Crippen MR) is 83.6 cm³/mol. The van der Waals surface area contributed by atoms with Gasteiger partial charge in [-0.25, -0.2) is 0 Å². The molecule has 2 aromatic carbocycles. The molecule has 0 N–H and O–H groups in total. The van der Waals surface area contributed by atoms with Crippen LogP contribution in [0.5, 0.6) is 11.5 Å². The van der Waals surface area contributed by atoms with Gasteiger partial charge in [0.25, 0.3) is 0 Å². The maximum Gasteiger partial charge on any atom is 0.166 e. The van der Waals surface area contributed by atoms with E-state index in [4.69, 9.17) is 9.47 Å². The summed E-state index contributed by atoms with van der Waals surface area (Å²) in [5.74, 6) is 1.97. The van der Waals surface area contributed by atoms with Crippen molar-refractivity contribution in [2.24, 2.45) is 5.92 Å². The van der Waals surface area contributed by atoms with E-state index in [0.29, 0.717) is 0 Å². The van der Waals surface area contributed by atoms with E-state index in [1.807, 2.05) is 26.0 Å². The van der Waals surface area contributed by atoms with Gasteiger partial charge in [0.1, 0.15) is 11.5 Å². The Morgan fingerprint density at radius 1 is 1.05 bits per heavy atom. The molecule has 2 aromatic rings. The number of carbonyl (C=O) groups is 1. The SMILES string of the molecule is COc1cc(C)cc2c(C(=O)C3CC3)c(C)cc(OC)c12. The zero-order valence-corrected chi connectivity index (χ0v) is 12.9. The van der Waals surface area contributed by atoms with Gasteiger partial charge in [-0.1, -0.05) is 6.07 Å². The van der Waals surface area contributed by atoms with Gasteiger partial charge in [0.15, 0.2) is 5.78 Å². The first kappa shape index (κ1) is 13.9. The highest BCUT2D eigenvalue weighted by molar-refractivity contribution is 6.14. The van der Waals surface area contributed by atoms with Crippen LogP contribution >= 0.6 is 0 Å². The van der Waals surface area contributed by atoms with Gasteiger partial charge in [0.2, 0.25) is 0 Å². The number of rotatable bonds is 4. The average molecular weight is 284 g/mol. The Kier molecular flexibility index (Phi) is 3.36. The predicted octanol–water partition coefficient (Wildman–Crippen LogP) is 4.07. The first-order valence-corrected chi connectivity index (χ1v) is 7.27. The number of hydrogen-bond acceptors (Lipinski definition) is 3. The summed E-state index contributed by atoms with van der Waals surface area (Å²) in [5, 5.41) is 1.83. The molecule has 0 saturated heterocycles. The molecule has 0 amide bonds. The molecule has 0 radical (unpaired) electrons. The third kappa shape index (κ3) is 2.27. The van der Waals surface area contributed by atoms with Gasteiger partial charge in [-0.3, -0.25) is 4.79 Å². The van der Waals surface area contributed by atoms with E-state index >= 15 is 0 Å². The minimum atomic E-state index is 0.201. The molecule has 0 bridgehead atoms. The Hall–Kier alpha value is -2.03. The van der Waals surface area contributed by atoms with Crippen molar-refractivity contribution >= 4 is 16.6 Å². The van der Waals surface area contributed by atoms with Crippen molar-refractivity contribution in [3.63, 3.8) is 0 Å². The van der Waals surface area contributed by atoms with Crippen molar-refractivity contribution in [3.8, 4) is 11.5 Å². The minimum absolute atomic E-state index is 0.201. The highest BCUT2D eigenvalue weighted by Crippen LogP contribution is 2.42. The molecule has 3 nitrogen and oxygen atoms in total. The molecule has 0 aliphatic heterocycles. The van der Waals surface area contributed by atoms with Gasteiger partial charge in [0, 0.05) is 16.9 Å². The van der Waals surface area contributed by atoms with E-state index in [9.17, 15) is 4.79 Å². The van der Waals surface area contributed by atoms with Crippen LogP contribution in [0.3, 0.4) is 0 Å². The third-order valence-corrected chi connectivity index (χ3v) is 4.14. The van der Waals surface area contributed by atoms with Gasteiger partial charge < -0.3 is 9.47 Å².